The van der Waals surface area contributed by atoms with Gasteiger partial charge in [-0.15, -0.1) is 0 Å². The van der Waals surface area contributed by atoms with Crippen LogP contribution in [0.1, 0.15) is 25.7 Å². The topological polar surface area (TPSA) is 40.6 Å². The third-order valence-electron chi connectivity index (χ3n) is 5.83. The standard InChI is InChI=1S/C18H21FN2O2/c1-20(18(23)16-11-5-4-6-12(11)16)15-9-10-21(17(15)22)14-8-3-2-7-13(14)19/h2-3,7-8,11-12,15-16H,4-6,9-10H2,1H3/t11-,12+,15-,16?/m0/s1. The predicted molar refractivity (Wildman–Crippen MR) is 84.2 cm³/mol. The van der Waals surface area contributed by atoms with Crippen molar-refractivity contribution < 1.29 is 14.0 Å². The molecular formula is C18H21FN2O2. The first-order chi connectivity index (χ1) is 11.1. The lowest BCUT2D eigenvalue weighted by Crippen LogP contribution is -2.44. The Kier molecular flexibility index (Phi) is 3.39. The smallest absolute Gasteiger partial charge is 0.249 e. The maximum absolute atomic E-state index is 13.9. The van der Waals surface area contributed by atoms with Gasteiger partial charge in [0.15, 0.2) is 0 Å². The molecule has 1 heterocycles. The van der Waals surface area contributed by atoms with Crippen molar-refractivity contribution in [2.75, 3.05) is 18.5 Å². The molecule has 2 amide bonds. The maximum Gasteiger partial charge on any atom is 0.249 e. The number of benzene rings is 1. The van der Waals surface area contributed by atoms with Crippen molar-refractivity contribution in [3.63, 3.8) is 0 Å². The van der Waals surface area contributed by atoms with Gasteiger partial charge in [-0.3, -0.25) is 9.59 Å². The van der Waals surface area contributed by atoms with Gasteiger partial charge in [0.1, 0.15) is 11.9 Å². The van der Waals surface area contributed by atoms with Crippen molar-refractivity contribution in [1.82, 2.24) is 4.90 Å². The van der Waals surface area contributed by atoms with E-state index in [0.717, 1.165) is 12.8 Å². The van der Waals surface area contributed by atoms with Crippen LogP contribution in [0.25, 0.3) is 0 Å². The number of fused-ring (bicyclic) bond motifs is 1. The normalized spacial score (nSPS) is 32.1. The number of carbonyl (C=O) groups is 2. The van der Waals surface area contributed by atoms with Crippen molar-refractivity contribution in [3.8, 4) is 0 Å². The van der Waals surface area contributed by atoms with Crippen LogP contribution in [0.4, 0.5) is 10.1 Å². The Bertz CT molecular complexity index is 652. The van der Waals surface area contributed by atoms with Crippen LogP contribution in [-0.2, 0) is 9.59 Å². The van der Waals surface area contributed by atoms with Gasteiger partial charge in [0.2, 0.25) is 11.8 Å². The highest BCUT2D eigenvalue weighted by Crippen LogP contribution is 2.58. The van der Waals surface area contributed by atoms with Gasteiger partial charge in [-0.1, -0.05) is 18.6 Å². The van der Waals surface area contributed by atoms with Gasteiger partial charge in [0.25, 0.3) is 0 Å². The second-order valence-corrected chi connectivity index (χ2v) is 6.98. The van der Waals surface area contributed by atoms with E-state index in [2.05, 4.69) is 0 Å². The molecule has 0 N–H and O–H groups in total. The van der Waals surface area contributed by atoms with Gasteiger partial charge >= 0.3 is 0 Å². The van der Waals surface area contributed by atoms with Crippen LogP contribution < -0.4 is 4.90 Å². The molecule has 122 valence electrons. The number of hydrogen-bond acceptors (Lipinski definition) is 2. The first-order valence-corrected chi connectivity index (χ1v) is 8.42. The number of halogens is 1. The number of hydrogen-bond donors (Lipinski definition) is 0. The third-order valence-corrected chi connectivity index (χ3v) is 5.83. The molecule has 4 atom stereocenters. The molecule has 4 nitrogen and oxygen atoms in total. The van der Waals surface area contributed by atoms with Crippen molar-refractivity contribution in [3.05, 3.63) is 30.1 Å². The van der Waals surface area contributed by atoms with E-state index in [1.165, 1.54) is 17.4 Å². The summed E-state index contributed by atoms with van der Waals surface area (Å²) in [6.45, 7) is 0.458. The van der Waals surface area contributed by atoms with E-state index in [1.807, 2.05) is 0 Å². The molecule has 0 spiro atoms. The summed E-state index contributed by atoms with van der Waals surface area (Å²) in [7, 11) is 1.73. The summed E-state index contributed by atoms with van der Waals surface area (Å²) in [6.07, 6.45) is 4.09. The fourth-order valence-electron chi connectivity index (χ4n) is 4.51. The van der Waals surface area contributed by atoms with E-state index in [9.17, 15) is 14.0 Å². The molecule has 5 heteroatoms. The van der Waals surface area contributed by atoms with E-state index in [1.54, 1.807) is 30.1 Å². The Morgan fingerprint density at radius 3 is 2.61 bits per heavy atom. The highest BCUT2D eigenvalue weighted by atomic mass is 19.1. The monoisotopic (exact) mass is 316 g/mol. The van der Waals surface area contributed by atoms with Gasteiger partial charge < -0.3 is 9.80 Å². The molecule has 1 unspecified atom stereocenters. The molecule has 2 aliphatic carbocycles. The Morgan fingerprint density at radius 2 is 1.91 bits per heavy atom. The van der Waals surface area contributed by atoms with Crippen LogP contribution in [0.2, 0.25) is 0 Å². The van der Waals surface area contributed by atoms with Crippen LogP contribution in [0.3, 0.4) is 0 Å². The zero-order valence-corrected chi connectivity index (χ0v) is 13.2. The molecule has 1 saturated heterocycles. The minimum absolute atomic E-state index is 0.105. The Balaban J connectivity index is 1.47. The molecule has 0 aromatic heterocycles. The van der Waals surface area contributed by atoms with Gasteiger partial charge in [0, 0.05) is 19.5 Å². The highest BCUT2D eigenvalue weighted by molar-refractivity contribution is 6.01. The van der Waals surface area contributed by atoms with Crippen molar-refractivity contribution >= 4 is 17.5 Å². The molecule has 0 radical (unpaired) electrons. The zero-order valence-electron chi connectivity index (χ0n) is 13.2. The number of rotatable bonds is 3. The first-order valence-electron chi connectivity index (χ1n) is 8.42. The van der Waals surface area contributed by atoms with E-state index in [4.69, 9.17) is 0 Å². The van der Waals surface area contributed by atoms with Gasteiger partial charge in [0.05, 0.1) is 5.69 Å². The molecule has 3 aliphatic rings. The van der Waals surface area contributed by atoms with Crippen LogP contribution in [-0.4, -0.2) is 36.3 Å². The SMILES string of the molecule is CN(C(=O)C1[C@H]2CCC[C@@H]12)[C@H]1CCN(c2ccccc2F)C1=O. The number of carbonyl (C=O) groups excluding carboxylic acids is 2. The molecule has 23 heavy (non-hydrogen) atoms. The minimum Gasteiger partial charge on any atom is -0.333 e. The molecule has 4 rings (SSSR count). The second kappa shape index (κ2) is 5.32. The molecule has 2 saturated carbocycles. The summed E-state index contributed by atoms with van der Waals surface area (Å²) in [6, 6.07) is 5.85. The number of para-hydroxylation sites is 1. The third kappa shape index (κ3) is 2.25. The van der Waals surface area contributed by atoms with Gasteiger partial charge in [-0.05, 0) is 43.2 Å². The fraction of sp³-hybridized carbons (Fsp3) is 0.556. The summed E-state index contributed by atoms with van der Waals surface area (Å²) >= 11 is 0. The van der Waals surface area contributed by atoms with Crippen molar-refractivity contribution in [1.29, 1.82) is 0 Å². The number of likely N-dealkylation sites (N-methyl/N-ethyl adjacent to an activating group) is 1. The van der Waals surface area contributed by atoms with Crippen LogP contribution in [0.15, 0.2) is 24.3 Å². The zero-order chi connectivity index (χ0) is 16.1. The highest BCUT2D eigenvalue weighted by Gasteiger charge is 2.58. The van der Waals surface area contributed by atoms with E-state index in [0.29, 0.717) is 30.5 Å². The Hall–Kier alpha value is -1.91. The lowest BCUT2D eigenvalue weighted by molar-refractivity contribution is -0.138. The molecular weight excluding hydrogens is 295 g/mol. The molecule has 0 bridgehead atoms. The molecule has 1 aromatic carbocycles. The summed E-state index contributed by atoms with van der Waals surface area (Å²) in [5.41, 5.74) is 0.309. The van der Waals surface area contributed by atoms with E-state index < -0.39 is 11.9 Å². The largest absolute Gasteiger partial charge is 0.333 e. The summed E-state index contributed by atoms with van der Waals surface area (Å²) < 4.78 is 13.9. The van der Waals surface area contributed by atoms with E-state index >= 15 is 0 Å². The van der Waals surface area contributed by atoms with Crippen LogP contribution >= 0.6 is 0 Å². The van der Waals surface area contributed by atoms with Gasteiger partial charge in [-0.25, -0.2) is 4.39 Å². The number of nitrogens with zero attached hydrogens (tertiary/aromatic N) is 2. The van der Waals surface area contributed by atoms with Crippen LogP contribution in [0, 0.1) is 23.6 Å². The number of amides is 2. The minimum atomic E-state index is -0.455. The maximum atomic E-state index is 13.9. The lowest BCUT2D eigenvalue weighted by Gasteiger charge is -2.25. The molecule has 3 fully saturated rings. The second-order valence-electron chi connectivity index (χ2n) is 6.98. The van der Waals surface area contributed by atoms with Crippen LogP contribution in [0.5, 0.6) is 0 Å². The summed E-state index contributed by atoms with van der Waals surface area (Å²) in [5.74, 6) is 0.759. The van der Waals surface area contributed by atoms with Crippen molar-refractivity contribution in [2.24, 2.45) is 17.8 Å². The summed E-state index contributed by atoms with van der Waals surface area (Å²) in [4.78, 5) is 28.4. The predicted octanol–water partition coefficient (Wildman–Crippen LogP) is 2.44. The quantitative estimate of drug-likeness (QED) is 0.859. The fourth-order valence-corrected chi connectivity index (χ4v) is 4.51. The van der Waals surface area contributed by atoms with Crippen molar-refractivity contribution in [2.45, 2.75) is 31.7 Å². The molecule has 1 aliphatic heterocycles. The lowest BCUT2D eigenvalue weighted by atomic mass is 10.1. The van der Waals surface area contributed by atoms with E-state index in [-0.39, 0.29) is 17.7 Å². The number of anilines is 1. The average molecular weight is 316 g/mol. The average Bonchev–Trinajstić information content (AvgIpc) is 2.87. The Labute approximate surface area is 135 Å². The first kappa shape index (κ1) is 14.7. The summed E-state index contributed by atoms with van der Waals surface area (Å²) in [5, 5.41) is 0. The molecule has 1 aromatic rings. The van der Waals surface area contributed by atoms with Gasteiger partial charge in [-0.2, -0.15) is 0 Å². The Morgan fingerprint density at radius 1 is 1.22 bits per heavy atom.